The number of likely N-dealkylation sites (tertiary alicyclic amines) is 1. The molecule has 0 unspecified atom stereocenters. The van der Waals surface area contributed by atoms with Crippen LogP contribution >= 0.6 is 0 Å². The zero-order valence-electron chi connectivity index (χ0n) is 15.2. The van der Waals surface area contributed by atoms with Crippen LogP contribution in [0.25, 0.3) is 0 Å². The average molecular weight is 344 g/mol. The van der Waals surface area contributed by atoms with Gasteiger partial charge in [-0.1, -0.05) is 25.0 Å². The van der Waals surface area contributed by atoms with Gasteiger partial charge in [0.15, 0.2) is 0 Å². The number of hydrogen-bond donors (Lipinski definition) is 1. The molecule has 25 heavy (non-hydrogen) atoms. The van der Waals surface area contributed by atoms with Crippen LogP contribution in [-0.4, -0.2) is 49.1 Å². The van der Waals surface area contributed by atoms with E-state index in [2.05, 4.69) is 0 Å². The summed E-state index contributed by atoms with van der Waals surface area (Å²) >= 11 is 0. The van der Waals surface area contributed by atoms with E-state index in [9.17, 15) is 14.7 Å². The van der Waals surface area contributed by atoms with Crippen LogP contribution in [-0.2, 0) is 16.0 Å². The number of hydrogen-bond acceptors (Lipinski definition) is 3. The number of piperidine rings is 1. The van der Waals surface area contributed by atoms with Gasteiger partial charge in [0.2, 0.25) is 5.91 Å². The van der Waals surface area contributed by atoms with Crippen molar-refractivity contribution < 1.29 is 14.7 Å². The molecule has 1 heterocycles. The summed E-state index contributed by atoms with van der Waals surface area (Å²) in [5.74, 6) is -0.143. The molecule has 1 aliphatic heterocycles. The largest absolute Gasteiger partial charge is 0.481 e. The minimum Gasteiger partial charge on any atom is -0.481 e. The molecule has 0 spiro atoms. The second-order valence-corrected chi connectivity index (χ2v) is 7.89. The number of carbonyl (C=O) groups is 2. The van der Waals surface area contributed by atoms with Gasteiger partial charge in [0.1, 0.15) is 0 Å². The molecule has 0 bridgehead atoms. The van der Waals surface area contributed by atoms with Crippen LogP contribution in [0, 0.1) is 11.3 Å². The summed E-state index contributed by atoms with van der Waals surface area (Å²) in [6, 6.07) is 7.97. The molecule has 1 saturated carbocycles. The second-order valence-electron chi connectivity index (χ2n) is 7.89. The molecular weight excluding hydrogens is 316 g/mol. The van der Waals surface area contributed by atoms with E-state index in [-0.39, 0.29) is 5.91 Å². The van der Waals surface area contributed by atoms with Gasteiger partial charge in [0.25, 0.3) is 0 Å². The summed E-state index contributed by atoms with van der Waals surface area (Å²) in [6.07, 6.45) is 4.82. The highest BCUT2D eigenvalue weighted by Gasteiger charge is 2.46. The van der Waals surface area contributed by atoms with E-state index in [4.69, 9.17) is 0 Å². The molecule has 1 aromatic carbocycles. The molecule has 1 saturated heterocycles. The van der Waals surface area contributed by atoms with Crippen LogP contribution in [0.5, 0.6) is 0 Å². The molecule has 2 fully saturated rings. The summed E-state index contributed by atoms with van der Waals surface area (Å²) in [5, 5.41) is 9.79. The first-order valence-corrected chi connectivity index (χ1v) is 9.17. The third-order valence-corrected chi connectivity index (χ3v) is 5.57. The van der Waals surface area contributed by atoms with Gasteiger partial charge in [-0.3, -0.25) is 9.59 Å². The zero-order chi connectivity index (χ0) is 18.0. The number of amides is 1. The monoisotopic (exact) mass is 344 g/mol. The van der Waals surface area contributed by atoms with Crippen molar-refractivity contribution in [2.45, 2.75) is 38.5 Å². The molecule has 2 aliphatic rings. The molecule has 0 radical (unpaired) electrons. The minimum atomic E-state index is -0.732. The highest BCUT2D eigenvalue weighted by Crippen LogP contribution is 2.45. The fourth-order valence-electron chi connectivity index (χ4n) is 3.85. The van der Waals surface area contributed by atoms with Crippen molar-refractivity contribution in [2.75, 3.05) is 32.1 Å². The standard InChI is InChI=1S/C20H28N2O3/c1-21(2)17-8-6-15(7-9-17)12-18(23)22-11-3-10-20(14-22,19(24)25)13-16-4-5-16/h6-9,16H,3-5,10-14H2,1-2H3,(H,24,25)/t20-/m0/s1. The van der Waals surface area contributed by atoms with Crippen LogP contribution in [0.4, 0.5) is 5.69 Å². The first-order chi connectivity index (χ1) is 11.9. The van der Waals surface area contributed by atoms with E-state index in [1.807, 2.05) is 43.3 Å². The molecule has 5 heteroatoms. The Morgan fingerprint density at radius 3 is 2.48 bits per heavy atom. The fourth-order valence-corrected chi connectivity index (χ4v) is 3.85. The van der Waals surface area contributed by atoms with Gasteiger partial charge in [-0.25, -0.2) is 0 Å². The van der Waals surface area contributed by atoms with E-state index in [1.54, 1.807) is 4.90 Å². The van der Waals surface area contributed by atoms with Gasteiger partial charge in [0.05, 0.1) is 11.8 Å². The van der Waals surface area contributed by atoms with Crippen molar-refractivity contribution in [1.29, 1.82) is 0 Å². The number of carbonyl (C=O) groups excluding carboxylic acids is 1. The van der Waals surface area contributed by atoms with Gasteiger partial charge in [-0.05, 0) is 42.9 Å². The summed E-state index contributed by atoms with van der Waals surface area (Å²) in [5.41, 5.74) is 1.34. The second kappa shape index (κ2) is 7.06. The van der Waals surface area contributed by atoms with Gasteiger partial charge < -0.3 is 14.9 Å². The topological polar surface area (TPSA) is 60.9 Å². The number of carboxylic acids is 1. The lowest BCUT2D eigenvalue weighted by atomic mass is 9.75. The normalized spacial score (nSPS) is 23.4. The highest BCUT2D eigenvalue weighted by molar-refractivity contribution is 5.81. The van der Waals surface area contributed by atoms with Crippen LogP contribution < -0.4 is 4.90 Å². The molecule has 5 nitrogen and oxygen atoms in total. The molecule has 136 valence electrons. The lowest BCUT2D eigenvalue weighted by Crippen LogP contribution is -2.50. The smallest absolute Gasteiger partial charge is 0.311 e. The van der Waals surface area contributed by atoms with Crippen molar-refractivity contribution in [2.24, 2.45) is 11.3 Å². The summed E-state index contributed by atoms with van der Waals surface area (Å²) < 4.78 is 0. The number of aliphatic carboxylic acids is 1. The van der Waals surface area contributed by atoms with Crippen molar-refractivity contribution in [3.63, 3.8) is 0 Å². The zero-order valence-corrected chi connectivity index (χ0v) is 15.2. The third-order valence-electron chi connectivity index (χ3n) is 5.57. The van der Waals surface area contributed by atoms with Crippen molar-refractivity contribution in [1.82, 2.24) is 4.90 Å². The molecule has 1 atom stereocenters. The Morgan fingerprint density at radius 1 is 1.24 bits per heavy atom. The van der Waals surface area contributed by atoms with E-state index >= 15 is 0 Å². The number of carboxylic acid groups (broad SMARTS) is 1. The predicted octanol–water partition coefficient (Wildman–Crippen LogP) is 2.79. The highest BCUT2D eigenvalue weighted by atomic mass is 16.4. The van der Waals surface area contributed by atoms with E-state index < -0.39 is 11.4 Å². The van der Waals surface area contributed by atoms with Crippen molar-refractivity contribution in [3.05, 3.63) is 29.8 Å². The third kappa shape index (κ3) is 4.14. The first kappa shape index (κ1) is 17.8. The maximum atomic E-state index is 12.7. The van der Waals surface area contributed by atoms with Gasteiger partial charge >= 0.3 is 5.97 Å². The van der Waals surface area contributed by atoms with Gasteiger partial charge in [0, 0.05) is 32.9 Å². The Kier molecular flexibility index (Phi) is 5.02. The summed E-state index contributed by atoms with van der Waals surface area (Å²) in [6.45, 7) is 1.04. The summed E-state index contributed by atoms with van der Waals surface area (Å²) in [4.78, 5) is 28.4. The molecular formula is C20H28N2O3. The Morgan fingerprint density at radius 2 is 1.92 bits per heavy atom. The van der Waals surface area contributed by atoms with E-state index in [0.29, 0.717) is 31.8 Å². The van der Waals surface area contributed by atoms with Gasteiger partial charge in [-0.2, -0.15) is 0 Å². The van der Waals surface area contributed by atoms with Crippen molar-refractivity contribution >= 4 is 17.6 Å². The first-order valence-electron chi connectivity index (χ1n) is 9.17. The lowest BCUT2D eigenvalue weighted by molar-refractivity contribution is -0.155. The average Bonchev–Trinajstić information content (AvgIpc) is 3.39. The quantitative estimate of drug-likeness (QED) is 0.862. The molecule has 1 amide bonds. The minimum absolute atomic E-state index is 0.0405. The van der Waals surface area contributed by atoms with Crippen LogP contribution in [0.15, 0.2) is 24.3 Å². The SMILES string of the molecule is CN(C)c1ccc(CC(=O)N2CCC[C@@](CC3CC3)(C(=O)O)C2)cc1. The number of nitrogens with zero attached hydrogens (tertiary/aromatic N) is 2. The van der Waals surface area contributed by atoms with Crippen LogP contribution in [0.3, 0.4) is 0 Å². The van der Waals surface area contributed by atoms with Crippen LogP contribution in [0.1, 0.15) is 37.7 Å². The molecule has 1 N–H and O–H groups in total. The summed E-state index contributed by atoms with van der Waals surface area (Å²) in [7, 11) is 3.97. The van der Waals surface area contributed by atoms with Crippen LogP contribution in [0.2, 0.25) is 0 Å². The Labute approximate surface area is 149 Å². The molecule has 3 rings (SSSR count). The number of benzene rings is 1. The Balaban J connectivity index is 1.65. The van der Waals surface area contributed by atoms with E-state index in [0.717, 1.165) is 36.9 Å². The maximum absolute atomic E-state index is 12.7. The Bertz CT molecular complexity index is 637. The lowest BCUT2D eigenvalue weighted by Gasteiger charge is -2.40. The fraction of sp³-hybridized carbons (Fsp3) is 0.600. The molecule has 0 aromatic heterocycles. The van der Waals surface area contributed by atoms with E-state index in [1.165, 1.54) is 0 Å². The maximum Gasteiger partial charge on any atom is 0.311 e. The molecule has 1 aliphatic carbocycles. The van der Waals surface area contributed by atoms with Crippen molar-refractivity contribution in [3.8, 4) is 0 Å². The van der Waals surface area contributed by atoms with Gasteiger partial charge in [-0.15, -0.1) is 0 Å². The number of rotatable bonds is 6. The molecule has 1 aromatic rings. The Hall–Kier alpha value is -2.04. The number of anilines is 1. The predicted molar refractivity (Wildman–Crippen MR) is 97.7 cm³/mol.